The van der Waals surface area contributed by atoms with Gasteiger partial charge in [0.15, 0.2) is 5.82 Å². The van der Waals surface area contributed by atoms with Gasteiger partial charge in [0, 0.05) is 55.1 Å². The number of nitrogens with one attached hydrogen (secondary N) is 1. The highest BCUT2D eigenvalue weighted by Crippen LogP contribution is 2.20. The van der Waals surface area contributed by atoms with Crippen LogP contribution in [0.15, 0.2) is 52.3 Å². The van der Waals surface area contributed by atoms with E-state index >= 15 is 0 Å². The van der Waals surface area contributed by atoms with Crippen LogP contribution in [-0.2, 0) is 21.2 Å². The molecule has 0 atom stereocenters. The van der Waals surface area contributed by atoms with Crippen LogP contribution in [0.3, 0.4) is 0 Å². The van der Waals surface area contributed by atoms with E-state index in [0.29, 0.717) is 54.7 Å². The first-order chi connectivity index (χ1) is 17.7. The van der Waals surface area contributed by atoms with Gasteiger partial charge in [0.1, 0.15) is 4.90 Å². The zero-order valence-corrected chi connectivity index (χ0v) is 21.9. The van der Waals surface area contributed by atoms with Crippen molar-refractivity contribution in [2.45, 2.75) is 24.4 Å². The number of hydrogen-bond acceptors (Lipinski definition) is 6. The Balaban J connectivity index is 0.000000505. The molecule has 1 aromatic carbocycles. The van der Waals surface area contributed by atoms with Crippen LogP contribution >= 0.6 is 11.6 Å². The summed E-state index contributed by atoms with van der Waals surface area (Å²) in [5.41, 5.74) is 1.92. The van der Waals surface area contributed by atoms with Gasteiger partial charge in [-0.2, -0.15) is 17.5 Å². The van der Waals surface area contributed by atoms with Crippen molar-refractivity contribution in [3.05, 3.63) is 74.8 Å². The molecular weight excluding hydrogens is 551 g/mol. The molecule has 206 valence electrons. The molecule has 4 rings (SSSR count). The topological polar surface area (TPSA) is 129 Å². The lowest BCUT2D eigenvalue weighted by molar-refractivity contribution is -0.192. The van der Waals surface area contributed by atoms with Crippen molar-refractivity contribution in [1.82, 2.24) is 24.0 Å². The van der Waals surface area contributed by atoms with Crippen molar-refractivity contribution < 1.29 is 31.5 Å². The van der Waals surface area contributed by atoms with Crippen LogP contribution in [0.2, 0.25) is 5.02 Å². The van der Waals surface area contributed by atoms with E-state index in [1.807, 2.05) is 32.2 Å². The Morgan fingerprint density at radius 2 is 1.74 bits per heavy atom. The van der Waals surface area contributed by atoms with Crippen molar-refractivity contribution in [2.24, 2.45) is 0 Å². The smallest absolute Gasteiger partial charge is 0.475 e. The van der Waals surface area contributed by atoms with Crippen molar-refractivity contribution >= 4 is 27.6 Å². The highest BCUT2D eigenvalue weighted by molar-refractivity contribution is 7.89. The number of aliphatic carboxylic acids is 1. The maximum Gasteiger partial charge on any atom is 0.490 e. The molecule has 1 fully saturated rings. The monoisotopic (exact) mass is 575 g/mol. The number of H-pyrrole nitrogens is 1. The lowest BCUT2D eigenvalue weighted by Crippen LogP contribution is -2.47. The summed E-state index contributed by atoms with van der Waals surface area (Å²) >= 11 is 6.24. The van der Waals surface area contributed by atoms with Gasteiger partial charge in [0.2, 0.25) is 10.0 Å². The summed E-state index contributed by atoms with van der Waals surface area (Å²) < 4.78 is 60.3. The standard InChI is InChI=1S/C21H24ClN5O3S.C2HF3O2/c1-15-18(13-16-5-3-4-6-19(16)22)21(28)27(24-15)20-8-7-17(14-23-20)31(29,30)26-11-9-25(2)10-12-26;3-2(4,5)1(6)7/h3-8,14,24H,9-13H2,1-2H3;(H,6,7). The summed E-state index contributed by atoms with van der Waals surface area (Å²) in [5, 5.41) is 10.8. The molecular formula is C23H25ClF3N5O5S. The maximum atomic E-state index is 13.0. The first-order valence-corrected chi connectivity index (χ1v) is 13.0. The molecule has 0 aliphatic carbocycles. The highest BCUT2D eigenvalue weighted by Gasteiger charge is 2.38. The van der Waals surface area contributed by atoms with Gasteiger partial charge in [-0.15, -0.1) is 0 Å². The molecule has 1 aliphatic heterocycles. The van der Waals surface area contributed by atoms with Gasteiger partial charge in [0.25, 0.3) is 5.56 Å². The molecule has 0 unspecified atom stereocenters. The van der Waals surface area contributed by atoms with Gasteiger partial charge >= 0.3 is 12.1 Å². The normalized spacial score (nSPS) is 15.1. The van der Waals surface area contributed by atoms with Crippen molar-refractivity contribution in [2.75, 3.05) is 33.2 Å². The minimum absolute atomic E-state index is 0.119. The predicted molar refractivity (Wildman–Crippen MR) is 133 cm³/mol. The number of sulfonamides is 1. The molecule has 0 saturated carbocycles. The van der Waals surface area contributed by atoms with Gasteiger partial charge in [-0.1, -0.05) is 29.8 Å². The first-order valence-electron chi connectivity index (χ1n) is 11.2. The van der Waals surface area contributed by atoms with E-state index in [1.165, 1.54) is 21.3 Å². The third kappa shape index (κ3) is 6.81. The minimum Gasteiger partial charge on any atom is -0.475 e. The molecule has 0 amide bonds. The number of alkyl halides is 3. The van der Waals surface area contributed by atoms with Crippen molar-refractivity contribution in [3.8, 4) is 5.82 Å². The van der Waals surface area contributed by atoms with E-state index in [-0.39, 0.29) is 10.5 Å². The molecule has 10 nitrogen and oxygen atoms in total. The van der Waals surface area contributed by atoms with Crippen molar-refractivity contribution in [3.63, 3.8) is 0 Å². The van der Waals surface area contributed by atoms with E-state index in [0.717, 1.165) is 5.56 Å². The Morgan fingerprint density at radius 3 is 2.26 bits per heavy atom. The SMILES string of the molecule is Cc1[nH]n(-c2ccc(S(=O)(=O)N3CCN(C)CC3)cn2)c(=O)c1Cc1ccccc1Cl.O=C(O)C(F)(F)F. The maximum absolute atomic E-state index is 13.0. The zero-order valence-electron chi connectivity index (χ0n) is 20.4. The van der Waals surface area contributed by atoms with Crippen LogP contribution in [-0.4, -0.2) is 82.9 Å². The number of carboxylic acids is 1. The summed E-state index contributed by atoms with van der Waals surface area (Å²) in [6.07, 6.45) is -3.39. The number of pyridine rings is 1. The highest BCUT2D eigenvalue weighted by atomic mass is 35.5. The summed E-state index contributed by atoms with van der Waals surface area (Å²) in [6.45, 7) is 4.09. The number of carboxylic acid groups (broad SMARTS) is 1. The Bertz CT molecular complexity index is 1450. The molecule has 15 heteroatoms. The number of aromatic nitrogens is 3. The lowest BCUT2D eigenvalue weighted by Gasteiger charge is -2.31. The third-order valence-corrected chi connectivity index (χ3v) is 8.06. The number of aryl methyl sites for hydroxylation is 1. The fraction of sp³-hybridized carbons (Fsp3) is 0.348. The molecule has 2 aromatic heterocycles. The molecule has 1 aliphatic rings. The number of aromatic amines is 1. The molecule has 0 bridgehead atoms. The minimum atomic E-state index is -5.08. The zero-order chi connectivity index (χ0) is 28.3. The first kappa shape index (κ1) is 29.4. The number of rotatable bonds is 5. The van der Waals surface area contributed by atoms with Crippen LogP contribution < -0.4 is 5.56 Å². The van der Waals surface area contributed by atoms with Crippen LogP contribution in [0.4, 0.5) is 13.2 Å². The average molecular weight is 576 g/mol. The van der Waals surface area contributed by atoms with Gasteiger partial charge in [0.05, 0.1) is 0 Å². The number of halogens is 4. The molecule has 38 heavy (non-hydrogen) atoms. The average Bonchev–Trinajstić information content (AvgIpc) is 3.14. The van der Waals surface area contributed by atoms with Crippen LogP contribution in [0.5, 0.6) is 0 Å². The van der Waals surface area contributed by atoms with E-state index in [2.05, 4.69) is 15.0 Å². The molecule has 3 heterocycles. The van der Waals surface area contributed by atoms with Gasteiger partial charge in [-0.25, -0.2) is 22.9 Å². The van der Waals surface area contributed by atoms with Gasteiger partial charge in [-0.05, 0) is 37.7 Å². The second-order valence-electron chi connectivity index (χ2n) is 8.49. The van der Waals surface area contributed by atoms with Crippen LogP contribution in [0, 0.1) is 6.92 Å². The predicted octanol–water partition coefficient (Wildman–Crippen LogP) is 2.68. The molecule has 0 spiro atoms. The molecule has 2 N–H and O–H groups in total. The Labute approximate surface area is 221 Å². The number of carbonyl (C=O) groups is 1. The van der Waals surface area contributed by atoms with Crippen LogP contribution in [0.1, 0.15) is 16.8 Å². The molecule has 0 radical (unpaired) electrons. The van der Waals surface area contributed by atoms with Crippen LogP contribution in [0.25, 0.3) is 5.82 Å². The second-order valence-corrected chi connectivity index (χ2v) is 10.8. The number of nitrogens with zero attached hydrogens (tertiary/aromatic N) is 4. The van der Waals surface area contributed by atoms with Gasteiger partial charge < -0.3 is 10.0 Å². The summed E-state index contributed by atoms with van der Waals surface area (Å²) in [4.78, 5) is 28.3. The summed E-state index contributed by atoms with van der Waals surface area (Å²) in [5.74, 6) is -2.43. The number of likely N-dealkylation sites (N-methyl/N-ethyl adjacent to an activating group) is 1. The Morgan fingerprint density at radius 1 is 1.13 bits per heavy atom. The molecule has 1 saturated heterocycles. The molecule has 3 aromatic rings. The number of piperazine rings is 1. The quantitative estimate of drug-likeness (QED) is 0.479. The van der Waals surface area contributed by atoms with Crippen molar-refractivity contribution in [1.29, 1.82) is 0 Å². The largest absolute Gasteiger partial charge is 0.490 e. The Hall–Kier alpha value is -3.20. The summed E-state index contributed by atoms with van der Waals surface area (Å²) in [6, 6.07) is 10.4. The fourth-order valence-corrected chi connectivity index (χ4v) is 5.19. The number of hydrogen-bond donors (Lipinski definition) is 2. The Kier molecular flexibility index (Phi) is 9.02. The lowest BCUT2D eigenvalue weighted by atomic mass is 10.1. The van der Waals surface area contributed by atoms with E-state index in [9.17, 15) is 26.4 Å². The number of benzene rings is 1. The van der Waals surface area contributed by atoms with E-state index in [4.69, 9.17) is 21.5 Å². The second kappa shape index (κ2) is 11.7. The third-order valence-electron chi connectivity index (χ3n) is 5.81. The van der Waals surface area contributed by atoms with Gasteiger partial charge in [-0.3, -0.25) is 9.89 Å². The van der Waals surface area contributed by atoms with E-state index in [1.54, 1.807) is 12.1 Å². The fourth-order valence-electron chi connectivity index (χ4n) is 3.62. The van der Waals surface area contributed by atoms with E-state index < -0.39 is 22.2 Å². The summed E-state index contributed by atoms with van der Waals surface area (Å²) in [7, 11) is -1.64.